The molecule has 0 radical (unpaired) electrons. The summed E-state index contributed by atoms with van der Waals surface area (Å²) in [6.45, 7) is 4.05. The van der Waals surface area contributed by atoms with Gasteiger partial charge in [-0.2, -0.15) is 0 Å². The monoisotopic (exact) mass is 249 g/mol. The molecular formula is C13H25F2NO. The standard InChI is InChI=1S/C13H25F2NO/c1-12(2,17-3)7-6-11(16)10-4-8-13(14,15)9-5-10/h10-11H,4-9,16H2,1-3H3. The summed E-state index contributed by atoms with van der Waals surface area (Å²) < 4.78 is 31.4. The molecule has 102 valence electrons. The quantitative estimate of drug-likeness (QED) is 0.811. The van der Waals surface area contributed by atoms with Gasteiger partial charge in [0.1, 0.15) is 0 Å². The summed E-state index contributed by atoms with van der Waals surface area (Å²) in [5, 5.41) is 0. The fourth-order valence-electron chi connectivity index (χ4n) is 2.34. The van der Waals surface area contributed by atoms with Gasteiger partial charge in [0.2, 0.25) is 5.92 Å². The van der Waals surface area contributed by atoms with Crippen LogP contribution in [0, 0.1) is 5.92 Å². The van der Waals surface area contributed by atoms with Crippen molar-refractivity contribution in [2.24, 2.45) is 11.7 Å². The van der Waals surface area contributed by atoms with E-state index in [1.165, 1.54) is 0 Å². The Morgan fingerprint density at radius 3 is 2.35 bits per heavy atom. The van der Waals surface area contributed by atoms with E-state index in [2.05, 4.69) is 0 Å². The second-order valence-corrected chi connectivity index (χ2v) is 5.86. The van der Waals surface area contributed by atoms with Crippen molar-refractivity contribution >= 4 is 0 Å². The summed E-state index contributed by atoms with van der Waals surface area (Å²) in [5.41, 5.74) is 5.93. The minimum Gasteiger partial charge on any atom is -0.379 e. The first-order chi connectivity index (χ1) is 7.76. The van der Waals surface area contributed by atoms with Crippen molar-refractivity contribution in [3.05, 3.63) is 0 Å². The first-order valence-corrected chi connectivity index (χ1v) is 6.44. The van der Waals surface area contributed by atoms with Crippen LogP contribution in [-0.2, 0) is 4.74 Å². The molecule has 0 amide bonds. The van der Waals surface area contributed by atoms with Crippen LogP contribution in [0.4, 0.5) is 8.78 Å². The largest absolute Gasteiger partial charge is 0.379 e. The third kappa shape index (κ3) is 4.88. The zero-order valence-corrected chi connectivity index (χ0v) is 11.1. The fourth-order valence-corrected chi connectivity index (χ4v) is 2.34. The second kappa shape index (κ2) is 5.61. The molecular weight excluding hydrogens is 224 g/mol. The molecule has 2 nitrogen and oxygen atoms in total. The molecule has 0 aliphatic heterocycles. The maximum Gasteiger partial charge on any atom is 0.248 e. The van der Waals surface area contributed by atoms with Crippen molar-refractivity contribution in [2.75, 3.05) is 7.11 Å². The topological polar surface area (TPSA) is 35.2 Å². The van der Waals surface area contributed by atoms with Gasteiger partial charge < -0.3 is 10.5 Å². The highest BCUT2D eigenvalue weighted by atomic mass is 19.3. The Labute approximate surface area is 103 Å². The number of methoxy groups -OCH3 is 1. The van der Waals surface area contributed by atoms with Gasteiger partial charge in [-0.25, -0.2) is 8.78 Å². The molecule has 0 bridgehead atoms. The maximum atomic E-state index is 13.0. The number of alkyl halides is 2. The van der Waals surface area contributed by atoms with Gasteiger partial charge in [0.15, 0.2) is 0 Å². The summed E-state index contributed by atoms with van der Waals surface area (Å²) in [4.78, 5) is 0. The maximum absolute atomic E-state index is 13.0. The van der Waals surface area contributed by atoms with Crippen molar-refractivity contribution in [3.63, 3.8) is 0 Å². The van der Waals surface area contributed by atoms with Crippen LogP contribution in [0.2, 0.25) is 0 Å². The van der Waals surface area contributed by atoms with Crippen LogP contribution in [-0.4, -0.2) is 24.7 Å². The second-order valence-electron chi connectivity index (χ2n) is 5.86. The van der Waals surface area contributed by atoms with Gasteiger partial charge in [0.05, 0.1) is 5.60 Å². The molecule has 1 unspecified atom stereocenters. The number of nitrogens with two attached hydrogens (primary N) is 1. The smallest absolute Gasteiger partial charge is 0.248 e. The predicted octanol–water partition coefficient (Wildman–Crippen LogP) is 3.34. The van der Waals surface area contributed by atoms with Gasteiger partial charge in [-0.3, -0.25) is 0 Å². The Morgan fingerprint density at radius 2 is 1.88 bits per heavy atom. The van der Waals surface area contributed by atoms with Crippen LogP contribution in [0.3, 0.4) is 0 Å². The SMILES string of the molecule is COC(C)(C)CCC(N)C1CCC(F)(F)CC1. The normalized spacial score (nSPS) is 23.6. The van der Waals surface area contributed by atoms with Crippen LogP contribution >= 0.6 is 0 Å². The van der Waals surface area contributed by atoms with Crippen LogP contribution in [0.15, 0.2) is 0 Å². The number of hydrogen-bond donors (Lipinski definition) is 1. The number of halogens is 2. The highest BCUT2D eigenvalue weighted by Gasteiger charge is 2.36. The highest BCUT2D eigenvalue weighted by Crippen LogP contribution is 2.38. The molecule has 1 aliphatic rings. The molecule has 1 fully saturated rings. The van der Waals surface area contributed by atoms with E-state index < -0.39 is 5.92 Å². The van der Waals surface area contributed by atoms with Gasteiger partial charge in [0.25, 0.3) is 0 Å². The van der Waals surface area contributed by atoms with Gasteiger partial charge in [-0.05, 0) is 45.4 Å². The van der Waals surface area contributed by atoms with Crippen molar-refractivity contribution in [3.8, 4) is 0 Å². The summed E-state index contributed by atoms with van der Waals surface area (Å²) in [6.07, 6.45) is 2.83. The van der Waals surface area contributed by atoms with E-state index in [-0.39, 0.29) is 30.4 Å². The molecule has 1 aliphatic carbocycles. The first kappa shape index (κ1) is 14.8. The molecule has 4 heteroatoms. The summed E-state index contributed by atoms with van der Waals surface area (Å²) in [6, 6.07) is 0.0283. The van der Waals surface area contributed by atoms with Crippen LogP contribution in [0.1, 0.15) is 52.4 Å². The molecule has 17 heavy (non-hydrogen) atoms. The van der Waals surface area contributed by atoms with Gasteiger partial charge in [-0.15, -0.1) is 0 Å². The van der Waals surface area contributed by atoms with Crippen molar-refractivity contribution in [1.29, 1.82) is 0 Å². The van der Waals surface area contributed by atoms with E-state index in [9.17, 15) is 8.78 Å². The van der Waals surface area contributed by atoms with Crippen LogP contribution in [0.5, 0.6) is 0 Å². The van der Waals surface area contributed by atoms with Gasteiger partial charge in [-0.1, -0.05) is 0 Å². The van der Waals surface area contributed by atoms with E-state index in [4.69, 9.17) is 10.5 Å². The molecule has 1 rings (SSSR count). The Kier molecular flexibility index (Phi) is 4.90. The molecule has 1 atom stereocenters. The number of rotatable bonds is 5. The highest BCUT2D eigenvalue weighted by molar-refractivity contribution is 4.84. The summed E-state index contributed by atoms with van der Waals surface area (Å²) in [7, 11) is 1.69. The molecule has 0 spiro atoms. The lowest BCUT2D eigenvalue weighted by atomic mass is 9.80. The van der Waals surface area contributed by atoms with E-state index in [1.807, 2.05) is 13.8 Å². The average Bonchev–Trinajstić information content (AvgIpc) is 2.26. The van der Waals surface area contributed by atoms with Crippen LogP contribution < -0.4 is 5.73 Å². The molecule has 0 aromatic carbocycles. The van der Waals surface area contributed by atoms with Crippen LogP contribution in [0.25, 0.3) is 0 Å². The van der Waals surface area contributed by atoms with E-state index in [0.717, 1.165) is 12.8 Å². The van der Waals surface area contributed by atoms with E-state index >= 15 is 0 Å². The van der Waals surface area contributed by atoms with Gasteiger partial charge >= 0.3 is 0 Å². The van der Waals surface area contributed by atoms with Crippen molar-refractivity contribution < 1.29 is 13.5 Å². The molecule has 0 aromatic rings. The molecule has 0 heterocycles. The third-order valence-electron chi connectivity index (χ3n) is 4.00. The fraction of sp³-hybridized carbons (Fsp3) is 1.00. The van der Waals surface area contributed by atoms with Gasteiger partial charge in [0, 0.05) is 26.0 Å². The Balaban J connectivity index is 2.32. The average molecular weight is 249 g/mol. The zero-order chi connectivity index (χ0) is 13.1. The molecule has 0 saturated heterocycles. The summed E-state index contributed by atoms with van der Waals surface area (Å²) >= 11 is 0. The number of ether oxygens (including phenoxy) is 1. The minimum atomic E-state index is -2.46. The summed E-state index contributed by atoms with van der Waals surface area (Å²) in [5.74, 6) is -2.20. The lowest BCUT2D eigenvalue weighted by Gasteiger charge is -2.33. The molecule has 2 N–H and O–H groups in total. The lowest BCUT2D eigenvalue weighted by molar-refractivity contribution is -0.0498. The predicted molar refractivity (Wildman–Crippen MR) is 65.2 cm³/mol. The third-order valence-corrected chi connectivity index (χ3v) is 4.00. The first-order valence-electron chi connectivity index (χ1n) is 6.44. The Hall–Kier alpha value is -0.220. The Bertz CT molecular complexity index is 234. The molecule has 1 saturated carbocycles. The lowest BCUT2D eigenvalue weighted by Crippen LogP contribution is -2.37. The van der Waals surface area contributed by atoms with Crippen molar-refractivity contribution in [1.82, 2.24) is 0 Å². The number of hydrogen-bond acceptors (Lipinski definition) is 2. The minimum absolute atomic E-state index is 0.000955. The van der Waals surface area contributed by atoms with E-state index in [1.54, 1.807) is 7.11 Å². The van der Waals surface area contributed by atoms with Crippen molar-refractivity contribution in [2.45, 2.75) is 69.9 Å². The Morgan fingerprint density at radius 1 is 1.35 bits per heavy atom. The zero-order valence-electron chi connectivity index (χ0n) is 11.1. The van der Waals surface area contributed by atoms with E-state index in [0.29, 0.717) is 12.8 Å². The molecule has 0 aromatic heterocycles.